The molecule has 1 aromatic rings. The number of sulfone groups is 1. The highest BCUT2D eigenvalue weighted by atomic mass is 32.2. The lowest BCUT2D eigenvalue weighted by atomic mass is 10.1. The Labute approximate surface area is 92.7 Å². The first kappa shape index (κ1) is 10.7. The molecule has 15 heavy (non-hydrogen) atoms. The molecule has 80 valence electrons. The first-order chi connectivity index (χ1) is 7.07. The fourth-order valence-electron chi connectivity index (χ4n) is 1.48. The molecule has 1 aliphatic rings. The molecular formula is C10H10O3S2. The van der Waals surface area contributed by atoms with Crippen LogP contribution in [0.1, 0.15) is 4.88 Å². The van der Waals surface area contributed by atoms with E-state index in [9.17, 15) is 13.5 Å². The third-order valence-electron chi connectivity index (χ3n) is 2.22. The van der Waals surface area contributed by atoms with E-state index in [-0.39, 0.29) is 11.5 Å². The number of hydrogen-bond donors (Lipinski definition) is 1. The fraction of sp³-hybridized carbons (Fsp3) is 0.400. The van der Waals surface area contributed by atoms with Gasteiger partial charge in [-0.1, -0.05) is 17.9 Å². The van der Waals surface area contributed by atoms with E-state index in [1.165, 1.54) is 11.3 Å². The van der Waals surface area contributed by atoms with Gasteiger partial charge in [-0.15, -0.1) is 11.3 Å². The van der Waals surface area contributed by atoms with E-state index in [0.29, 0.717) is 0 Å². The maximum atomic E-state index is 11.2. The highest BCUT2D eigenvalue weighted by Gasteiger charge is 2.35. The van der Waals surface area contributed by atoms with Crippen molar-refractivity contribution in [2.24, 2.45) is 5.92 Å². The van der Waals surface area contributed by atoms with E-state index in [0.717, 1.165) is 4.88 Å². The first-order valence-corrected chi connectivity index (χ1v) is 7.20. The van der Waals surface area contributed by atoms with Crippen LogP contribution in [0.25, 0.3) is 0 Å². The number of rotatable bonds is 0. The van der Waals surface area contributed by atoms with Crippen LogP contribution in [-0.2, 0) is 9.84 Å². The molecule has 0 unspecified atom stereocenters. The summed E-state index contributed by atoms with van der Waals surface area (Å²) < 4.78 is 22.4. The van der Waals surface area contributed by atoms with Crippen molar-refractivity contribution in [3.63, 3.8) is 0 Å². The van der Waals surface area contributed by atoms with Crippen LogP contribution in [0.4, 0.5) is 0 Å². The van der Waals surface area contributed by atoms with Gasteiger partial charge in [0.15, 0.2) is 9.84 Å². The van der Waals surface area contributed by atoms with Crippen LogP contribution in [-0.4, -0.2) is 31.1 Å². The van der Waals surface area contributed by atoms with Crippen molar-refractivity contribution in [2.75, 3.05) is 11.5 Å². The first-order valence-electron chi connectivity index (χ1n) is 4.50. The maximum absolute atomic E-state index is 11.2. The average Bonchev–Trinajstić information content (AvgIpc) is 2.70. The van der Waals surface area contributed by atoms with Crippen LogP contribution in [0.15, 0.2) is 17.5 Å². The molecule has 0 aliphatic carbocycles. The molecule has 1 fully saturated rings. The molecule has 0 spiro atoms. The zero-order valence-corrected chi connectivity index (χ0v) is 9.51. The van der Waals surface area contributed by atoms with Crippen molar-refractivity contribution < 1.29 is 13.5 Å². The van der Waals surface area contributed by atoms with E-state index in [4.69, 9.17) is 0 Å². The third kappa shape index (κ3) is 2.59. The predicted molar refractivity (Wildman–Crippen MR) is 59.3 cm³/mol. The minimum Gasteiger partial charge on any atom is -0.391 e. The predicted octanol–water partition coefficient (Wildman–Crippen LogP) is 0.505. The summed E-state index contributed by atoms with van der Waals surface area (Å²) in [4.78, 5) is 0.895. The molecule has 0 saturated carbocycles. The van der Waals surface area contributed by atoms with E-state index < -0.39 is 21.9 Å². The molecule has 0 radical (unpaired) electrons. The Hall–Kier alpha value is -0.830. The van der Waals surface area contributed by atoms with E-state index in [1.54, 1.807) is 0 Å². The lowest BCUT2D eigenvalue weighted by Gasteiger charge is -2.02. The molecule has 0 bridgehead atoms. The van der Waals surface area contributed by atoms with Crippen molar-refractivity contribution in [1.82, 2.24) is 0 Å². The smallest absolute Gasteiger partial charge is 0.154 e. The molecule has 1 saturated heterocycles. The summed E-state index contributed by atoms with van der Waals surface area (Å²) >= 11 is 1.50. The second kappa shape index (κ2) is 3.97. The third-order valence-corrected chi connectivity index (χ3v) is 4.73. The van der Waals surface area contributed by atoms with Crippen molar-refractivity contribution >= 4 is 21.2 Å². The summed E-state index contributed by atoms with van der Waals surface area (Å²) in [6, 6.07) is 3.75. The van der Waals surface area contributed by atoms with Gasteiger partial charge in [-0.25, -0.2) is 8.42 Å². The summed E-state index contributed by atoms with van der Waals surface area (Å²) in [7, 11) is -3.08. The molecule has 0 amide bonds. The highest BCUT2D eigenvalue weighted by molar-refractivity contribution is 7.91. The molecule has 1 aliphatic heterocycles. The largest absolute Gasteiger partial charge is 0.391 e. The Balaban J connectivity index is 2.14. The number of aliphatic hydroxyl groups excluding tert-OH is 1. The summed E-state index contributed by atoms with van der Waals surface area (Å²) in [5.41, 5.74) is 0. The van der Waals surface area contributed by atoms with Crippen LogP contribution in [0.5, 0.6) is 0 Å². The summed E-state index contributed by atoms with van der Waals surface area (Å²) in [5, 5.41) is 11.4. The zero-order chi connectivity index (χ0) is 10.9. The highest BCUT2D eigenvalue weighted by Crippen LogP contribution is 2.18. The average molecular weight is 242 g/mol. The molecule has 2 rings (SSSR count). The normalized spacial score (nSPS) is 28.3. The van der Waals surface area contributed by atoms with E-state index in [1.807, 2.05) is 17.5 Å². The fourth-order valence-corrected chi connectivity index (χ4v) is 3.80. The van der Waals surface area contributed by atoms with Crippen LogP contribution in [0.2, 0.25) is 0 Å². The molecule has 2 atom stereocenters. The van der Waals surface area contributed by atoms with E-state index >= 15 is 0 Å². The van der Waals surface area contributed by atoms with Gasteiger partial charge < -0.3 is 5.11 Å². The Kier molecular flexibility index (Phi) is 2.83. The van der Waals surface area contributed by atoms with Crippen LogP contribution in [0.3, 0.4) is 0 Å². The van der Waals surface area contributed by atoms with Gasteiger partial charge in [-0.2, -0.15) is 0 Å². The molecule has 2 heterocycles. The van der Waals surface area contributed by atoms with Crippen LogP contribution < -0.4 is 0 Å². The van der Waals surface area contributed by atoms with Gasteiger partial charge in [0, 0.05) is 0 Å². The standard InChI is InChI=1S/C10H10O3S2/c11-10-7-15(12,13)6-8(10)3-4-9-2-1-5-14-9/h1-2,5,8,10-11H,6-7H2/t8-,10-/m1/s1. The van der Waals surface area contributed by atoms with Crippen molar-refractivity contribution in [3.05, 3.63) is 22.4 Å². The Morgan fingerprint density at radius 2 is 2.27 bits per heavy atom. The maximum Gasteiger partial charge on any atom is 0.154 e. The van der Waals surface area contributed by atoms with Gasteiger partial charge >= 0.3 is 0 Å². The molecule has 0 aromatic carbocycles. The van der Waals surface area contributed by atoms with Crippen molar-refractivity contribution in [2.45, 2.75) is 6.10 Å². The number of aliphatic hydroxyl groups is 1. The number of thiophene rings is 1. The van der Waals surface area contributed by atoms with Gasteiger partial charge in [0.25, 0.3) is 0 Å². The van der Waals surface area contributed by atoms with Crippen molar-refractivity contribution in [3.8, 4) is 11.8 Å². The van der Waals surface area contributed by atoms with Gasteiger partial charge in [-0.3, -0.25) is 0 Å². The summed E-state index contributed by atoms with van der Waals surface area (Å²) in [6.07, 6.45) is -0.831. The molecule has 3 nitrogen and oxygen atoms in total. The van der Waals surface area contributed by atoms with Crippen LogP contribution in [0, 0.1) is 17.8 Å². The Morgan fingerprint density at radius 1 is 1.47 bits per heavy atom. The summed E-state index contributed by atoms with van der Waals surface area (Å²) in [6.45, 7) is 0. The lowest BCUT2D eigenvalue weighted by Crippen LogP contribution is -2.15. The zero-order valence-electron chi connectivity index (χ0n) is 7.88. The Morgan fingerprint density at radius 3 is 2.80 bits per heavy atom. The second-order valence-corrected chi connectivity index (χ2v) is 6.60. The topological polar surface area (TPSA) is 54.4 Å². The van der Waals surface area contributed by atoms with Gasteiger partial charge in [-0.05, 0) is 11.4 Å². The van der Waals surface area contributed by atoms with Crippen molar-refractivity contribution in [1.29, 1.82) is 0 Å². The van der Waals surface area contributed by atoms with E-state index in [2.05, 4.69) is 11.8 Å². The van der Waals surface area contributed by atoms with Gasteiger partial charge in [0.1, 0.15) is 0 Å². The monoisotopic (exact) mass is 242 g/mol. The quantitative estimate of drug-likeness (QED) is 0.674. The molecule has 1 N–H and O–H groups in total. The Bertz CT molecular complexity index is 491. The molecular weight excluding hydrogens is 232 g/mol. The lowest BCUT2D eigenvalue weighted by molar-refractivity contribution is 0.174. The van der Waals surface area contributed by atoms with Gasteiger partial charge in [0.05, 0.1) is 28.4 Å². The summed E-state index contributed by atoms with van der Waals surface area (Å²) in [5.74, 6) is 5.09. The molecule has 5 heteroatoms. The van der Waals surface area contributed by atoms with Crippen LogP contribution >= 0.6 is 11.3 Å². The van der Waals surface area contributed by atoms with Gasteiger partial charge in [0.2, 0.25) is 0 Å². The second-order valence-electron chi connectivity index (χ2n) is 3.50. The molecule has 1 aromatic heterocycles. The minimum atomic E-state index is -3.08. The number of hydrogen-bond acceptors (Lipinski definition) is 4. The SMILES string of the molecule is O=S1(=O)C[C@@H](O)[C@H](C#Cc2cccs2)C1. The minimum absolute atomic E-state index is 0.0213.